The molecule has 176 valence electrons. The Morgan fingerprint density at radius 1 is 1.09 bits per heavy atom. The molecule has 0 spiro atoms. The van der Waals surface area contributed by atoms with Gasteiger partial charge in [0.25, 0.3) is 5.91 Å². The van der Waals surface area contributed by atoms with Gasteiger partial charge >= 0.3 is 0 Å². The van der Waals surface area contributed by atoms with Crippen LogP contribution in [0.4, 0.5) is 8.78 Å². The van der Waals surface area contributed by atoms with Crippen molar-refractivity contribution in [1.29, 1.82) is 0 Å². The molecule has 1 aliphatic rings. The highest BCUT2D eigenvalue weighted by Gasteiger charge is 2.42. The second-order valence-corrected chi connectivity index (χ2v) is 8.26. The van der Waals surface area contributed by atoms with E-state index >= 15 is 0 Å². The number of aliphatic hydroxyl groups excluding tert-OH is 1. The van der Waals surface area contributed by atoms with Gasteiger partial charge in [0.2, 0.25) is 11.8 Å². The number of aliphatic hydroxyl groups is 1. The number of benzene rings is 2. The zero-order valence-corrected chi connectivity index (χ0v) is 18.4. The summed E-state index contributed by atoms with van der Waals surface area (Å²) in [4.78, 5) is 41.7. The van der Waals surface area contributed by atoms with Crippen LogP contribution < -0.4 is 5.73 Å². The molecule has 2 aromatic rings. The molecule has 0 aliphatic carbocycles. The number of nitrogens with zero attached hydrogens (tertiary/aromatic N) is 2. The minimum atomic E-state index is -2.05. The number of hydrogen-bond acceptors (Lipinski definition) is 5. The second kappa shape index (κ2) is 10.2. The summed E-state index contributed by atoms with van der Waals surface area (Å²) in [7, 11) is 1.59. The monoisotopic (exact) mass is 459 g/mol. The fourth-order valence-electron chi connectivity index (χ4n) is 4.16. The van der Waals surface area contributed by atoms with E-state index in [4.69, 9.17) is 5.73 Å². The molecule has 2 aromatic carbocycles. The maximum absolute atomic E-state index is 13.6. The Balaban J connectivity index is 1.95. The van der Waals surface area contributed by atoms with Crippen molar-refractivity contribution in [3.8, 4) is 0 Å². The molecule has 0 radical (unpaired) electrons. The first-order chi connectivity index (χ1) is 15.6. The van der Waals surface area contributed by atoms with Gasteiger partial charge in [-0.15, -0.1) is 0 Å². The summed E-state index contributed by atoms with van der Waals surface area (Å²) >= 11 is 0. The molecule has 3 amide bonds. The molecule has 1 heterocycles. The number of carbonyl (C=O) groups excluding carboxylic acids is 3. The van der Waals surface area contributed by atoms with Gasteiger partial charge in [-0.1, -0.05) is 30.3 Å². The van der Waals surface area contributed by atoms with Crippen LogP contribution in [-0.2, 0) is 14.4 Å². The predicted molar refractivity (Wildman–Crippen MR) is 116 cm³/mol. The zero-order valence-electron chi connectivity index (χ0n) is 18.4. The van der Waals surface area contributed by atoms with E-state index in [9.17, 15) is 28.3 Å². The molecule has 9 heteroatoms. The van der Waals surface area contributed by atoms with E-state index in [1.165, 1.54) is 11.8 Å². The van der Waals surface area contributed by atoms with Gasteiger partial charge in [-0.05, 0) is 49.4 Å². The smallest absolute Gasteiger partial charge is 0.263 e. The lowest BCUT2D eigenvalue weighted by molar-refractivity contribution is -0.160. The van der Waals surface area contributed by atoms with Gasteiger partial charge in [0, 0.05) is 13.1 Å². The number of likely N-dealkylation sites (N-methyl/N-ethyl adjacent to an activating group) is 1. The average Bonchev–Trinajstić information content (AvgIpc) is 2.92. The van der Waals surface area contributed by atoms with E-state index in [-0.39, 0.29) is 18.0 Å². The van der Waals surface area contributed by atoms with Crippen LogP contribution in [0.15, 0.2) is 48.5 Å². The molecule has 0 aromatic heterocycles. The first-order valence-electron chi connectivity index (χ1n) is 10.7. The van der Waals surface area contributed by atoms with Crippen molar-refractivity contribution in [2.45, 2.75) is 50.4 Å². The summed E-state index contributed by atoms with van der Waals surface area (Å²) in [6.07, 6.45) is -0.763. The highest BCUT2D eigenvalue weighted by molar-refractivity contribution is 6.03. The molecule has 0 saturated carbocycles. The van der Waals surface area contributed by atoms with Gasteiger partial charge in [0.15, 0.2) is 6.10 Å². The van der Waals surface area contributed by atoms with Crippen LogP contribution in [0, 0.1) is 11.6 Å². The Kier molecular flexibility index (Phi) is 7.55. The first-order valence-corrected chi connectivity index (χ1v) is 10.7. The molecule has 0 bridgehead atoms. The molecule has 1 fully saturated rings. The minimum absolute atomic E-state index is 0.168. The quantitative estimate of drug-likeness (QED) is 0.715. The number of likely N-dealkylation sites (tertiary alicyclic amines) is 1. The molecular formula is C24H27F2N3O4. The number of amides is 3. The Morgan fingerprint density at radius 2 is 1.70 bits per heavy atom. The highest BCUT2D eigenvalue weighted by atomic mass is 19.1. The van der Waals surface area contributed by atoms with E-state index in [1.54, 1.807) is 7.05 Å². The third kappa shape index (κ3) is 5.26. The summed E-state index contributed by atoms with van der Waals surface area (Å²) in [6.45, 7) is 1.36. The van der Waals surface area contributed by atoms with Crippen molar-refractivity contribution in [3.63, 3.8) is 0 Å². The van der Waals surface area contributed by atoms with E-state index in [0.717, 1.165) is 17.7 Å². The predicted octanol–water partition coefficient (Wildman–Crippen LogP) is 2.45. The summed E-state index contributed by atoms with van der Waals surface area (Å²) in [5.41, 5.74) is 6.29. The van der Waals surface area contributed by atoms with E-state index in [1.807, 2.05) is 30.3 Å². The Bertz CT molecular complexity index is 1010. The standard InChI is InChI=1S/C24H27F2N3O4/c1-14(27)22(31)29(24(33)21(30)16-11-17(25)13-18(26)12-16)20-10-6-9-19(28(2)23(20)32)15-7-4-3-5-8-15/h3-5,7-8,11-14,19-21,30H,6,9-10,27H2,1-2H3/t14-,19-,20-,21+/m0/s1. The molecule has 4 atom stereocenters. The molecular weight excluding hydrogens is 432 g/mol. The number of hydrogen-bond donors (Lipinski definition) is 2. The number of carbonyl (C=O) groups is 3. The van der Waals surface area contributed by atoms with Crippen LogP contribution in [0.1, 0.15) is 49.5 Å². The van der Waals surface area contributed by atoms with Crippen molar-refractivity contribution in [3.05, 3.63) is 71.3 Å². The molecule has 3 N–H and O–H groups in total. The summed E-state index contributed by atoms with van der Waals surface area (Å²) in [5.74, 6) is -4.48. The number of imide groups is 1. The van der Waals surface area contributed by atoms with E-state index < -0.39 is 47.5 Å². The molecule has 0 unspecified atom stereocenters. The van der Waals surface area contributed by atoms with Gasteiger partial charge in [0.1, 0.15) is 17.7 Å². The van der Waals surface area contributed by atoms with Crippen molar-refractivity contribution in [2.24, 2.45) is 5.73 Å². The topological polar surface area (TPSA) is 104 Å². The Hall–Kier alpha value is -3.17. The SMILES string of the molecule is C[C@H](N)C(=O)N(C(=O)[C@H](O)c1cc(F)cc(F)c1)[C@H]1CCC[C@@H](c2ccccc2)N(C)C1=O. The number of rotatable bonds is 5. The summed E-state index contributed by atoms with van der Waals surface area (Å²) < 4.78 is 27.3. The summed E-state index contributed by atoms with van der Waals surface area (Å²) in [5, 5.41) is 10.6. The van der Waals surface area contributed by atoms with Crippen LogP contribution in [0.2, 0.25) is 0 Å². The second-order valence-electron chi connectivity index (χ2n) is 8.26. The van der Waals surface area contributed by atoms with Crippen molar-refractivity contribution in [2.75, 3.05) is 7.05 Å². The van der Waals surface area contributed by atoms with E-state index in [2.05, 4.69) is 0 Å². The van der Waals surface area contributed by atoms with Gasteiger partial charge in [-0.25, -0.2) is 8.78 Å². The van der Waals surface area contributed by atoms with Gasteiger partial charge in [-0.3, -0.25) is 19.3 Å². The first kappa shape index (κ1) is 24.5. The summed E-state index contributed by atoms with van der Waals surface area (Å²) in [6, 6.07) is 8.97. The third-order valence-electron chi connectivity index (χ3n) is 5.85. The zero-order chi connectivity index (χ0) is 24.3. The van der Waals surface area contributed by atoms with Gasteiger partial charge in [-0.2, -0.15) is 0 Å². The fourth-order valence-corrected chi connectivity index (χ4v) is 4.16. The fraction of sp³-hybridized carbons (Fsp3) is 0.375. The molecule has 7 nitrogen and oxygen atoms in total. The third-order valence-corrected chi connectivity index (χ3v) is 5.85. The normalized spacial score (nSPS) is 20.7. The van der Waals surface area contributed by atoms with Gasteiger partial charge in [0.05, 0.1) is 12.1 Å². The van der Waals surface area contributed by atoms with Crippen LogP contribution in [0.3, 0.4) is 0 Å². The van der Waals surface area contributed by atoms with Crippen molar-refractivity contribution in [1.82, 2.24) is 9.80 Å². The number of nitrogens with two attached hydrogens (primary N) is 1. The van der Waals surface area contributed by atoms with Crippen LogP contribution in [0.5, 0.6) is 0 Å². The molecule has 3 rings (SSSR count). The lowest BCUT2D eigenvalue weighted by Gasteiger charge is -2.34. The Morgan fingerprint density at radius 3 is 2.27 bits per heavy atom. The van der Waals surface area contributed by atoms with E-state index in [0.29, 0.717) is 23.8 Å². The average molecular weight is 459 g/mol. The maximum Gasteiger partial charge on any atom is 0.263 e. The van der Waals surface area contributed by atoms with Crippen LogP contribution in [0.25, 0.3) is 0 Å². The molecule has 1 saturated heterocycles. The Labute approximate surface area is 190 Å². The molecule has 1 aliphatic heterocycles. The maximum atomic E-state index is 13.6. The lowest BCUT2D eigenvalue weighted by Crippen LogP contribution is -2.56. The van der Waals surface area contributed by atoms with Crippen LogP contribution in [-0.4, -0.2) is 51.8 Å². The number of halogens is 2. The van der Waals surface area contributed by atoms with Gasteiger partial charge < -0.3 is 15.7 Å². The minimum Gasteiger partial charge on any atom is -0.378 e. The van der Waals surface area contributed by atoms with Crippen molar-refractivity contribution >= 4 is 17.7 Å². The lowest BCUT2D eigenvalue weighted by atomic mass is 10.0. The highest BCUT2D eigenvalue weighted by Crippen LogP contribution is 2.32. The largest absolute Gasteiger partial charge is 0.378 e. The van der Waals surface area contributed by atoms with Crippen LogP contribution >= 0.6 is 0 Å². The van der Waals surface area contributed by atoms with Crippen molar-refractivity contribution < 1.29 is 28.3 Å². The molecule has 33 heavy (non-hydrogen) atoms.